The first kappa shape index (κ1) is 44.9. The zero-order valence-corrected chi connectivity index (χ0v) is 37.9. The fourth-order valence-electron chi connectivity index (χ4n) is 12.4. The van der Waals surface area contributed by atoms with Gasteiger partial charge in [-0.3, -0.25) is 0 Å². The molecule has 60 heavy (non-hydrogen) atoms. The van der Waals surface area contributed by atoms with Gasteiger partial charge in [-0.05, 0) is 165 Å². The molecule has 8 atom stereocenters. The first-order valence-corrected chi connectivity index (χ1v) is 24.0. The van der Waals surface area contributed by atoms with Crippen LogP contribution in [0.25, 0.3) is 0 Å². The number of hydrogen-bond donors (Lipinski definition) is 0. The van der Waals surface area contributed by atoms with Gasteiger partial charge in [-0.1, -0.05) is 78.9 Å². The van der Waals surface area contributed by atoms with E-state index < -0.39 is 5.97 Å². The molecule has 5 aliphatic rings. The van der Waals surface area contributed by atoms with Crippen LogP contribution in [-0.4, -0.2) is 51.1 Å². The van der Waals surface area contributed by atoms with Crippen LogP contribution in [0.15, 0.2) is 60.2 Å². The van der Waals surface area contributed by atoms with Gasteiger partial charge in [0.15, 0.2) is 0 Å². The van der Waals surface area contributed by atoms with Crippen molar-refractivity contribution < 1.29 is 33.3 Å². The van der Waals surface area contributed by atoms with E-state index in [-0.39, 0.29) is 22.9 Å². The van der Waals surface area contributed by atoms with Crippen LogP contribution in [0.4, 0.5) is 0 Å². The number of ether oxygens (including phenoxy) is 5. The lowest BCUT2D eigenvalue weighted by molar-refractivity contribution is -0.150. The molecule has 3 saturated carbocycles. The Labute approximate surface area is 362 Å². The molecular formula is C53H76O7. The van der Waals surface area contributed by atoms with Gasteiger partial charge in [0.2, 0.25) is 0 Å². The van der Waals surface area contributed by atoms with Gasteiger partial charge in [0.1, 0.15) is 17.6 Å². The topological polar surface area (TPSA) is 80.3 Å². The normalized spacial score (nSPS) is 29.6. The predicted molar refractivity (Wildman–Crippen MR) is 238 cm³/mol. The highest BCUT2D eigenvalue weighted by atomic mass is 16.5. The average Bonchev–Trinajstić information content (AvgIpc) is 3.59. The van der Waals surface area contributed by atoms with Crippen molar-refractivity contribution in [1.29, 1.82) is 0 Å². The maximum absolute atomic E-state index is 13.4. The van der Waals surface area contributed by atoms with Gasteiger partial charge in [-0.15, -0.1) is 0 Å². The number of carbonyl (C=O) groups excluding carboxylic acids is 2. The summed E-state index contributed by atoms with van der Waals surface area (Å²) in [6.07, 6.45) is 21.5. The van der Waals surface area contributed by atoms with Crippen molar-refractivity contribution in [2.24, 2.45) is 51.8 Å². The molecule has 0 N–H and O–H groups in total. The number of unbranched alkanes of at least 4 members (excludes halogenated alkanes) is 3. The number of hydrogen-bond acceptors (Lipinski definition) is 7. The molecule has 7 nitrogen and oxygen atoms in total. The second kappa shape index (κ2) is 19.9. The summed E-state index contributed by atoms with van der Waals surface area (Å²) in [5, 5.41) is 0. The first-order chi connectivity index (χ1) is 28.9. The summed E-state index contributed by atoms with van der Waals surface area (Å²) in [6, 6.07) is 13.8. The van der Waals surface area contributed by atoms with Crippen LogP contribution in [0.2, 0.25) is 0 Å². The van der Waals surface area contributed by atoms with Crippen LogP contribution < -0.4 is 9.47 Å². The van der Waals surface area contributed by atoms with Crippen LogP contribution >= 0.6 is 0 Å². The standard InChI is InChI=1S/C53H76O7/c1-7-53(35-57-36-53)34-56-31-10-8-9-11-32-58-42-20-15-39(16-21-42)49(54)59-43-22-17-40(18-23-43)50(55)60-44-27-29-51(5)41(33-44)19-24-45-47-26-25-46(38(4)14-12-13-37(2)3)52(47,6)30-28-48(45)51/h15-23,37-38,44-48H,7-14,24-36H2,1-6H3. The van der Waals surface area contributed by atoms with Crippen LogP contribution in [-0.2, 0) is 14.2 Å². The molecule has 0 aromatic heterocycles. The summed E-state index contributed by atoms with van der Waals surface area (Å²) < 4.78 is 29.0. The van der Waals surface area contributed by atoms with Crippen molar-refractivity contribution in [2.45, 2.75) is 150 Å². The Balaban J connectivity index is 0.819. The predicted octanol–water partition coefficient (Wildman–Crippen LogP) is 12.9. The third-order valence-electron chi connectivity index (χ3n) is 16.4. The van der Waals surface area contributed by atoms with Gasteiger partial charge in [-0.25, -0.2) is 9.59 Å². The minimum atomic E-state index is -0.455. The highest BCUT2D eigenvalue weighted by molar-refractivity contribution is 5.92. The molecule has 0 spiro atoms. The van der Waals surface area contributed by atoms with Gasteiger partial charge in [0.25, 0.3) is 0 Å². The highest BCUT2D eigenvalue weighted by Gasteiger charge is 2.59. The maximum atomic E-state index is 13.4. The number of rotatable bonds is 20. The molecule has 1 heterocycles. The molecule has 0 radical (unpaired) electrons. The van der Waals surface area contributed by atoms with Crippen molar-refractivity contribution in [3.8, 4) is 11.5 Å². The number of esters is 2. The molecule has 4 aliphatic carbocycles. The molecule has 1 aliphatic heterocycles. The van der Waals surface area contributed by atoms with E-state index in [9.17, 15) is 9.59 Å². The SMILES string of the molecule is CCC1(COCCCCCCOc2ccc(C(=O)Oc3ccc(C(=O)OC4CCC5(C)C(=CCC6C5CCC5(C)C(C(C)CCCC(C)C)CCC65)C4)cc3)cc2)COC1. The van der Waals surface area contributed by atoms with E-state index in [0.29, 0.717) is 28.9 Å². The van der Waals surface area contributed by atoms with Crippen LogP contribution in [0.5, 0.6) is 11.5 Å². The Kier molecular flexibility index (Phi) is 14.9. The van der Waals surface area contributed by atoms with Gasteiger partial charge in [-0.2, -0.15) is 0 Å². The summed E-state index contributed by atoms with van der Waals surface area (Å²) >= 11 is 0. The Hall–Kier alpha value is -3.16. The average molecular weight is 825 g/mol. The van der Waals surface area contributed by atoms with Gasteiger partial charge in [0.05, 0.1) is 37.6 Å². The van der Waals surface area contributed by atoms with Crippen LogP contribution in [0, 0.1) is 51.8 Å². The van der Waals surface area contributed by atoms with E-state index in [1.807, 2.05) is 0 Å². The fourth-order valence-corrected chi connectivity index (χ4v) is 12.4. The summed E-state index contributed by atoms with van der Waals surface area (Å²) in [7, 11) is 0. The Morgan fingerprint density at radius 3 is 2.15 bits per heavy atom. The minimum absolute atomic E-state index is 0.106. The Morgan fingerprint density at radius 1 is 0.767 bits per heavy atom. The van der Waals surface area contributed by atoms with E-state index >= 15 is 0 Å². The second-order valence-electron chi connectivity index (χ2n) is 20.7. The quantitative estimate of drug-likeness (QED) is 0.0569. The lowest BCUT2D eigenvalue weighted by Crippen LogP contribution is -2.51. The lowest BCUT2D eigenvalue weighted by atomic mass is 9.47. The van der Waals surface area contributed by atoms with Gasteiger partial charge >= 0.3 is 11.9 Å². The van der Waals surface area contributed by atoms with Gasteiger partial charge < -0.3 is 23.7 Å². The number of allylic oxidation sites excluding steroid dienone is 1. The number of benzene rings is 2. The summed E-state index contributed by atoms with van der Waals surface area (Å²) in [4.78, 5) is 26.3. The Bertz CT molecular complexity index is 1740. The first-order valence-electron chi connectivity index (χ1n) is 24.0. The van der Waals surface area contributed by atoms with Gasteiger partial charge in [0, 0.05) is 18.4 Å². The molecule has 0 bridgehead atoms. The van der Waals surface area contributed by atoms with E-state index in [1.54, 1.807) is 48.5 Å². The molecule has 4 fully saturated rings. The molecule has 8 unspecified atom stereocenters. The van der Waals surface area contributed by atoms with E-state index in [4.69, 9.17) is 23.7 Å². The monoisotopic (exact) mass is 825 g/mol. The van der Waals surface area contributed by atoms with E-state index in [0.717, 1.165) is 119 Å². The molecule has 330 valence electrons. The largest absolute Gasteiger partial charge is 0.494 e. The van der Waals surface area contributed by atoms with Crippen LogP contribution in [0.3, 0.4) is 0 Å². The van der Waals surface area contributed by atoms with E-state index in [1.165, 1.54) is 56.9 Å². The lowest BCUT2D eigenvalue weighted by Gasteiger charge is -2.58. The number of fused-ring (bicyclic) bond motifs is 5. The molecule has 2 aromatic carbocycles. The van der Waals surface area contributed by atoms with Crippen molar-refractivity contribution in [3.63, 3.8) is 0 Å². The summed E-state index contributed by atoms with van der Waals surface area (Å²) in [6.45, 7) is 18.6. The zero-order valence-electron chi connectivity index (χ0n) is 37.9. The third kappa shape index (κ3) is 10.2. The minimum Gasteiger partial charge on any atom is -0.494 e. The fraction of sp³-hybridized carbons (Fsp3) is 0.698. The molecule has 2 aromatic rings. The maximum Gasteiger partial charge on any atom is 0.343 e. The smallest absolute Gasteiger partial charge is 0.343 e. The Morgan fingerprint density at radius 2 is 1.47 bits per heavy atom. The van der Waals surface area contributed by atoms with E-state index in [2.05, 4.69) is 47.6 Å². The molecule has 1 saturated heterocycles. The second-order valence-corrected chi connectivity index (χ2v) is 20.7. The van der Waals surface area contributed by atoms with Crippen molar-refractivity contribution >= 4 is 11.9 Å². The molecule has 0 amide bonds. The van der Waals surface area contributed by atoms with Crippen molar-refractivity contribution in [1.82, 2.24) is 0 Å². The zero-order chi connectivity index (χ0) is 42.3. The molecule has 7 heteroatoms. The third-order valence-corrected chi connectivity index (χ3v) is 16.4. The molecular weight excluding hydrogens is 749 g/mol. The van der Waals surface area contributed by atoms with Crippen LogP contribution in [0.1, 0.15) is 165 Å². The highest BCUT2D eigenvalue weighted by Crippen LogP contribution is 2.67. The van der Waals surface area contributed by atoms with Crippen molar-refractivity contribution in [3.05, 3.63) is 71.3 Å². The molecule has 7 rings (SSSR count). The van der Waals surface area contributed by atoms with Crippen molar-refractivity contribution in [2.75, 3.05) is 33.0 Å². The number of carbonyl (C=O) groups is 2. The summed E-state index contributed by atoms with van der Waals surface area (Å²) in [5.41, 5.74) is 3.40. The summed E-state index contributed by atoms with van der Waals surface area (Å²) in [5.74, 6) is 5.23.